The molecule has 2 heteroatoms. The molecule has 2 rings (SSSR count). The molecular formula is C14H27NO. The molecule has 0 bridgehead atoms. The van der Waals surface area contributed by atoms with Gasteiger partial charge in [0.25, 0.3) is 0 Å². The summed E-state index contributed by atoms with van der Waals surface area (Å²) in [7, 11) is 0. The quantitative estimate of drug-likeness (QED) is 0.795. The summed E-state index contributed by atoms with van der Waals surface area (Å²) in [6, 6.07) is 0. The van der Waals surface area contributed by atoms with Crippen molar-refractivity contribution in [1.29, 1.82) is 0 Å². The SMILES string of the molecule is CCC1CCN(CC2(CO)CCCCC2)C1. The maximum absolute atomic E-state index is 9.70. The van der Waals surface area contributed by atoms with Crippen molar-refractivity contribution in [2.75, 3.05) is 26.2 Å². The summed E-state index contributed by atoms with van der Waals surface area (Å²) in [5.41, 5.74) is 0.251. The molecule has 1 aliphatic heterocycles. The summed E-state index contributed by atoms with van der Waals surface area (Å²) in [4.78, 5) is 2.61. The first-order valence-electron chi connectivity index (χ1n) is 7.11. The van der Waals surface area contributed by atoms with Crippen molar-refractivity contribution in [3.8, 4) is 0 Å². The van der Waals surface area contributed by atoms with Gasteiger partial charge in [0.1, 0.15) is 0 Å². The zero-order valence-corrected chi connectivity index (χ0v) is 10.7. The molecule has 0 aromatic carbocycles. The monoisotopic (exact) mass is 225 g/mol. The van der Waals surface area contributed by atoms with Crippen LogP contribution in [-0.2, 0) is 0 Å². The summed E-state index contributed by atoms with van der Waals surface area (Å²) < 4.78 is 0. The van der Waals surface area contributed by atoms with Crippen LogP contribution >= 0.6 is 0 Å². The number of hydrogen-bond acceptors (Lipinski definition) is 2. The van der Waals surface area contributed by atoms with Gasteiger partial charge in [0.05, 0.1) is 0 Å². The van der Waals surface area contributed by atoms with Gasteiger partial charge in [-0.2, -0.15) is 0 Å². The Hall–Kier alpha value is -0.0800. The van der Waals surface area contributed by atoms with E-state index in [1.165, 1.54) is 58.0 Å². The molecule has 2 aliphatic rings. The molecule has 1 heterocycles. The first-order chi connectivity index (χ1) is 7.78. The van der Waals surface area contributed by atoms with Gasteiger partial charge in [-0.3, -0.25) is 0 Å². The molecule has 0 radical (unpaired) electrons. The molecule has 0 spiro atoms. The lowest BCUT2D eigenvalue weighted by Gasteiger charge is -2.38. The Kier molecular flexibility index (Phi) is 4.26. The van der Waals surface area contributed by atoms with Gasteiger partial charge in [-0.05, 0) is 31.7 Å². The van der Waals surface area contributed by atoms with E-state index >= 15 is 0 Å². The summed E-state index contributed by atoms with van der Waals surface area (Å²) in [5.74, 6) is 0.916. The Morgan fingerprint density at radius 3 is 2.56 bits per heavy atom. The fourth-order valence-electron chi connectivity index (χ4n) is 3.53. The highest BCUT2D eigenvalue weighted by Crippen LogP contribution is 2.37. The molecule has 2 nitrogen and oxygen atoms in total. The minimum absolute atomic E-state index is 0.251. The van der Waals surface area contributed by atoms with Gasteiger partial charge < -0.3 is 10.0 Å². The molecular weight excluding hydrogens is 198 g/mol. The van der Waals surface area contributed by atoms with Crippen LogP contribution in [-0.4, -0.2) is 36.2 Å². The summed E-state index contributed by atoms with van der Waals surface area (Å²) in [6.07, 6.45) is 9.21. The van der Waals surface area contributed by atoms with E-state index in [9.17, 15) is 5.11 Å². The fourth-order valence-corrected chi connectivity index (χ4v) is 3.53. The molecule has 1 aliphatic carbocycles. The third kappa shape index (κ3) is 2.78. The second kappa shape index (κ2) is 5.50. The minimum atomic E-state index is 0.251. The topological polar surface area (TPSA) is 23.5 Å². The average Bonchev–Trinajstić information content (AvgIpc) is 2.78. The average molecular weight is 225 g/mol. The highest BCUT2D eigenvalue weighted by Gasteiger charge is 2.35. The largest absolute Gasteiger partial charge is 0.396 e. The van der Waals surface area contributed by atoms with Crippen LogP contribution in [0.1, 0.15) is 51.9 Å². The lowest BCUT2D eigenvalue weighted by Crippen LogP contribution is -2.40. The van der Waals surface area contributed by atoms with Crippen molar-refractivity contribution < 1.29 is 5.11 Å². The molecule has 0 aromatic heterocycles. The summed E-state index contributed by atoms with van der Waals surface area (Å²) >= 11 is 0. The number of aliphatic hydroxyl groups excluding tert-OH is 1. The van der Waals surface area contributed by atoms with Crippen LogP contribution in [0.4, 0.5) is 0 Å². The number of likely N-dealkylation sites (tertiary alicyclic amines) is 1. The van der Waals surface area contributed by atoms with Gasteiger partial charge in [0.2, 0.25) is 0 Å². The van der Waals surface area contributed by atoms with Crippen molar-refractivity contribution in [3.05, 3.63) is 0 Å². The highest BCUT2D eigenvalue weighted by molar-refractivity contribution is 4.87. The molecule has 2 fully saturated rings. The van der Waals surface area contributed by atoms with E-state index in [-0.39, 0.29) is 5.41 Å². The minimum Gasteiger partial charge on any atom is -0.396 e. The molecule has 1 saturated heterocycles. The van der Waals surface area contributed by atoms with Crippen molar-refractivity contribution in [2.45, 2.75) is 51.9 Å². The number of rotatable bonds is 4. The maximum atomic E-state index is 9.70. The van der Waals surface area contributed by atoms with Crippen LogP contribution < -0.4 is 0 Å². The first-order valence-corrected chi connectivity index (χ1v) is 7.11. The van der Waals surface area contributed by atoms with E-state index in [4.69, 9.17) is 0 Å². The van der Waals surface area contributed by atoms with Crippen LogP contribution in [0.3, 0.4) is 0 Å². The fraction of sp³-hybridized carbons (Fsp3) is 1.00. The standard InChI is InChI=1S/C14H27NO/c1-2-13-6-9-15(10-13)11-14(12-16)7-4-3-5-8-14/h13,16H,2-12H2,1H3. The van der Waals surface area contributed by atoms with E-state index in [1.807, 2.05) is 0 Å². The van der Waals surface area contributed by atoms with E-state index in [0.29, 0.717) is 6.61 Å². The molecule has 0 aromatic rings. The van der Waals surface area contributed by atoms with E-state index in [1.54, 1.807) is 0 Å². The highest BCUT2D eigenvalue weighted by atomic mass is 16.3. The number of nitrogens with zero attached hydrogens (tertiary/aromatic N) is 1. The van der Waals surface area contributed by atoms with Crippen molar-refractivity contribution in [3.63, 3.8) is 0 Å². The van der Waals surface area contributed by atoms with Gasteiger partial charge in [-0.1, -0.05) is 32.6 Å². The zero-order valence-electron chi connectivity index (χ0n) is 10.7. The predicted octanol–water partition coefficient (Wildman–Crippen LogP) is 2.66. The molecule has 94 valence electrons. The maximum Gasteiger partial charge on any atom is 0.0499 e. The first kappa shape index (κ1) is 12.4. The Labute approximate surface area is 100 Å². The Morgan fingerprint density at radius 1 is 1.25 bits per heavy atom. The molecule has 1 atom stereocenters. The Morgan fingerprint density at radius 2 is 2.00 bits per heavy atom. The summed E-state index contributed by atoms with van der Waals surface area (Å²) in [6.45, 7) is 6.40. The lowest BCUT2D eigenvalue weighted by molar-refractivity contribution is 0.0467. The van der Waals surface area contributed by atoms with Gasteiger partial charge in [0, 0.05) is 25.1 Å². The summed E-state index contributed by atoms with van der Waals surface area (Å²) in [5, 5.41) is 9.70. The van der Waals surface area contributed by atoms with Crippen molar-refractivity contribution in [2.24, 2.45) is 11.3 Å². The van der Waals surface area contributed by atoms with Crippen molar-refractivity contribution >= 4 is 0 Å². The Bertz CT molecular complexity index is 211. The van der Waals surface area contributed by atoms with Crippen LogP contribution in [0.25, 0.3) is 0 Å². The van der Waals surface area contributed by atoms with Crippen LogP contribution in [0, 0.1) is 11.3 Å². The molecule has 1 unspecified atom stereocenters. The van der Waals surface area contributed by atoms with Crippen LogP contribution in [0.15, 0.2) is 0 Å². The van der Waals surface area contributed by atoms with E-state index in [0.717, 1.165) is 12.5 Å². The number of hydrogen-bond donors (Lipinski definition) is 1. The molecule has 0 amide bonds. The number of aliphatic hydroxyl groups is 1. The molecule has 1 saturated carbocycles. The lowest BCUT2D eigenvalue weighted by atomic mass is 9.74. The zero-order chi connectivity index (χ0) is 11.4. The molecule has 1 N–H and O–H groups in total. The van der Waals surface area contributed by atoms with Gasteiger partial charge in [0.15, 0.2) is 0 Å². The third-order valence-corrected chi connectivity index (χ3v) is 4.76. The van der Waals surface area contributed by atoms with E-state index in [2.05, 4.69) is 11.8 Å². The van der Waals surface area contributed by atoms with Crippen LogP contribution in [0.5, 0.6) is 0 Å². The van der Waals surface area contributed by atoms with Crippen LogP contribution in [0.2, 0.25) is 0 Å². The smallest absolute Gasteiger partial charge is 0.0499 e. The second-order valence-electron chi connectivity index (χ2n) is 6.02. The predicted molar refractivity (Wildman–Crippen MR) is 67.4 cm³/mol. The van der Waals surface area contributed by atoms with Gasteiger partial charge in [-0.25, -0.2) is 0 Å². The normalized spacial score (nSPS) is 30.8. The van der Waals surface area contributed by atoms with E-state index < -0.39 is 0 Å². The third-order valence-electron chi connectivity index (χ3n) is 4.76. The van der Waals surface area contributed by atoms with Gasteiger partial charge in [-0.15, -0.1) is 0 Å². The van der Waals surface area contributed by atoms with Gasteiger partial charge >= 0.3 is 0 Å². The Balaban J connectivity index is 1.86. The molecule has 16 heavy (non-hydrogen) atoms. The van der Waals surface area contributed by atoms with Crippen molar-refractivity contribution in [1.82, 2.24) is 4.90 Å². The second-order valence-corrected chi connectivity index (χ2v) is 6.02.